The van der Waals surface area contributed by atoms with E-state index in [1.165, 1.54) is 22.3 Å². The lowest BCUT2D eigenvalue weighted by Gasteiger charge is -2.35. The van der Waals surface area contributed by atoms with E-state index in [0.29, 0.717) is 6.54 Å². The van der Waals surface area contributed by atoms with Gasteiger partial charge >= 0.3 is 0 Å². The summed E-state index contributed by atoms with van der Waals surface area (Å²) in [4.78, 5) is 23.8. The summed E-state index contributed by atoms with van der Waals surface area (Å²) in [6.07, 6.45) is 4.48. The van der Waals surface area contributed by atoms with Crippen molar-refractivity contribution in [2.75, 3.05) is 6.54 Å². The molecule has 1 aliphatic heterocycles. The molecule has 1 aromatic carbocycles. The molecule has 1 N–H and O–H groups in total. The summed E-state index contributed by atoms with van der Waals surface area (Å²) in [6, 6.07) is 16.0. The maximum Gasteiger partial charge on any atom is 0.264 e. The van der Waals surface area contributed by atoms with Crippen molar-refractivity contribution in [3.05, 3.63) is 88.0 Å². The van der Waals surface area contributed by atoms with E-state index in [1.54, 1.807) is 6.20 Å². The van der Waals surface area contributed by atoms with Crippen molar-refractivity contribution >= 4 is 28.1 Å². The first-order valence-electron chi connectivity index (χ1n) is 8.67. The van der Waals surface area contributed by atoms with Gasteiger partial charge in [0.15, 0.2) is 0 Å². The first-order chi connectivity index (χ1) is 12.8. The molecule has 4 heterocycles. The van der Waals surface area contributed by atoms with E-state index in [0.717, 1.165) is 28.1 Å². The number of hydrogen-bond donors (Lipinski definition) is 1. The maximum atomic E-state index is 13.2. The van der Waals surface area contributed by atoms with Crippen LogP contribution in [0.25, 0.3) is 10.9 Å². The van der Waals surface area contributed by atoms with Gasteiger partial charge in [-0.1, -0.05) is 30.3 Å². The standard InChI is InChI=1S/C21H17N3OS/c25-21(18-8-4-12-26-18)24-11-9-16-15-6-1-2-7-17(15)23-19(16)20(24)14-5-3-10-22-13-14/h1-8,10,12-13,20,23H,9,11H2/t20-/m0/s1. The molecule has 0 fully saturated rings. The van der Waals surface area contributed by atoms with Crippen LogP contribution in [0.3, 0.4) is 0 Å². The lowest BCUT2D eigenvalue weighted by molar-refractivity contribution is 0.0697. The predicted octanol–water partition coefficient (Wildman–Crippen LogP) is 4.41. The first kappa shape index (κ1) is 15.3. The summed E-state index contributed by atoms with van der Waals surface area (Å²) in [5, 5.41) is 3.20. The van der Waals surface area contributed by atoms with Crippen LogP contribution in [0.2, 0.25) is 0 Å². The van der Waals surface area contributed by atoms with Crippen LogP contribution in [0, 0.1) is 0 Å². The fraction of sp³-hybridized carbons (Fsp3) is 0.143. The van der Waals surface area contributed by atoms with Gasteiger partial charge in [-0.2, -0.15) is 0 Å². The molecular weight excluding hydrogens is 342 g/mol. The Morgan fingerprint density at radius 2 is 2.08 bits per heavy atom. The van der Waals surface area contributed by atoms with Crippen LogP contribution in [0.4, 0.5) is 0 Å². The minimum absolute atomic E-state index is 0.0816. The number of hydrogen-bond acceptors (Lipinski definition) is 3. The van der Waals surface area contributed by atoms with Gasteiger partial charge in [-0.15, -0.1) is 11.3 Å². The molecule has 5 heteroatoms. The topological polar surface area (TPSA) is 49.0 Å². The number of amides is 1. The molecule has 1 atom stereocenters. The highest BCUT2D eigenvalue weighted by Crippen LogP contribution is 2.39. The first-order valence-corrected chi connectivity index (χ1v) is 9.55. The number of H-pyrrole nitrogens is 1. The molecule has 1 aliphatic rings. The molecule has 0 aliphatic carbocycles. The Balaban J connectivity index is 1.69. The maximum absolute atomic E-state index is 13.2. The zero-order valence-electron chi connectivity index (χ0n) is 14.1. The average Bonchev–Trinajstić information content (AvgIpc) is 3.35. The van der Waals surface area contributed by atoms with E-state index in [9.17, 15) is 4.79 Å². The third kappa shape index (κ3) is 2.35. The van der Waals surface area contributed by atoms with Gasteiger partial charge in [0.1, 0.15) is 0 Å². The Morgan fingerprint density at radius 1 is 1.15 bits per heavy atom. The van der Waals surface area contributed by atoms with Gasteiger partial charge < -0.3 is 9.88 Å². The monoisotopic (exact) mass is 359 g/mol. The van der Waals surface area contributed by atoms with Crippen LogP contribution in [0.1, 0.15) is 32.5 Å². The molecule has 3 aromatic heterocycles. The van der Waals surface area contributed by atoms with Crippen LogP contribution in [-0.2, 0) is 6.42 Å². The van der Waals surface area contributed by atoms with Crippen molar-refractivity contribution in [1.82, 2.24) is 14.9 Å². The summed E-state index contributed by atoms with van der Waals surface area (Å²) in [7, 11) is 0. The largest absolute Gasteiger partial charge is 0.356 e. The fourth-order valence-electron chi connectivity index (χ4n) is 3.89. The smallest absolute Gasteiger partial charge is 0.264 e. The van der Waals surface area contributed by atoms with Crippen molar-refractivity contribution in [2.45, 2.75) is 12.5 Å². The Hall–Kier alpha value is -2.92. The molecule has 4 aromatic rings. The van der Waals surface area contributed by atoms with Crippen molar-refractivity contribution in [3.8, 4) is 0 Å². The summed E-state index contributed by atoms with van der Waals surface area (Å²) in [6.45, 7) is 0.700. The molecule has 5 rings (SSSR count). The minimum atomic E-state index is -0.144. The number of carbonyl (C=O) groups is 1. The van der Waals surface area contributed by atoms with Crippen LogP contribution in [-0.4, -0.2) is 27.3 Å². The number of carbonyl (C=O) groups excluding carboxylic acids is 1. The van der Waals surface area contributed by atoms with Gasteiger partial charge in [0.2, 0.25) is 0 Å². The quantitative estimate of drug-likeness (QED) is 0.576. The molecule has 0 spiro atoms. The van der Waals surface area contributed by atoms with E-state index in [4.69, 9.17) is 0 Å². The summed E-state index contributed by atoms with van der Waals surface area (Å²) in [5.74, 6) is 0.0816. The zero-order valence-corrected chi connectivity index (χ0v) is 14.9. The summed E-state index contributed by atoms with van der Waals surface area (Å²) >= 11 is 1.49. The van der Waals surface area contributed by atoms with Crippen molar-refractivity contribution in [1.29, 1.82) is 0 Å². The SMILES string of the molecule is O=C(c1cccs1)N1CCc2c([nH]c3ccccc23)[C@@H]1c1cccnc1. The molecule has 128 valence electrons. The fourth-order valence-corrected chi connectivity index (χ4v) is 4.56. The van der Waals surface area contributed by atoms with E-state index in [-0.39, 0.29) is 11.9 Å². The third-order valence-electron chi connectivity index (χ3n) is 5.03. The van der Waals surface area contributed by atoms with E-state index < -0.39 is 0 Å². The molecule has 26 heavy (non-hydrogen) atoms. The van der Waals surface area contributed by atoms with Gasteiger partial charge in [0, 0.05) is 35.5 Å². The number of benzene rings is 1. The number of thiophene rings is 1. The van der Waals surface area contributed by atoms with Crippen LogP contribution in [0.5, 0.6) is 0 Å². The molecule has 0 bridgehead atoms. The van der Waals surface area contributed by atoms with E-state index >= 15 is 0 Å². The number of rotatable bonds is 2. The second-order valence-corrected chi connectivity index (χ2v) is 7.43. The molecular formula is C21H17N3OS. The van der Waals surface area contributed by atoms with Gasteiger partial charge in [-0.25, -0.2) is 0 Å². The Morgan fingerprint density at radius 3 is 2.88 bits per heavy atom. The number of pyridine rings is 1. The number of aromatic amines is 1. The van der Waals surface area contributed by atoms with Gasteiger partial charge in [-0.3, -0.25) is 9.78 Å². The second-order valence-electron chi connectivity index (χ2n) is 6.48. The van der Waals surface area contributed by atoms with Crippen LogP contribution < -0.4 is 0 Å². The molecule has 0 unspecified atom stereocenters. The Labute approximate surface area is 155 Å². The number of aromatic nitrogens is 2. The second kappa shape index (κ2) is 6.11. The van der Waals surface area contributed by atoms with E-state index in [1.807, 2.05) is 46.8 Å². The number of para-hydroxylation sites is 1. The van der Waals surface area contributed by atoms with Crippen LogP contribution >= 0.6 is 11.3 Å². The Bertz CT molecular complexity index is 1070. The third-order valence-corrected chi connectivity index (χ3v) is 5.89. The van der Waals surface area contributed by atoms with Gasteiger partial charge in [0.05, 0.1) is 10.9 Å². The number of nitrogens with one attached hydrogen (secondary N) is 1. The highest BCUT2D eigenvalue weighted by atomic mass is 32.1. The predicted molar refractivity (Wildman–Crippen MR) is 103 cm³/mol. The average molecular weight is 359 g/mol. The molecule has 0 radical (unpaired) electrons. The van der Waals surface area contributed by atoms with Crippen molar-refractivity contribution < 1.29 is 4.79 Å². The van der Waals surface area contributed by atoms with Crippen LogP contribution in [0.15, 0.2) is 66.3 Å². The Kier molecular flexibility index (Phi) is 3.60. The normalized spacial score (nSPS) is 16.6. The van der Waals surface area contributed by atoms with E-state index in [2.05, 4.69) is 28.2 Å². The van der Waals surface area contributed by atoms with Gasteiger partial charge in [0.25, 0.3) is 5.91 Å². The molecule has 1 amide bonds. The number of nitrogens with zero attached hydrogens (tertiary/aromatic N) is 2. The highest BCUT2D eigenvalue weighted by molar-refractivity contribution is 7.12. The molecule has 0 saturated heterocycles. The minimum Gasteiger partial charge on any atom is -0.356 e. The van der Waals surface area contributed by atoms with Crippen molar-refractivity contribution in [3.63, 3.8) is 0 Å². The molecule has 4 nitrogen and oxygen atoms in total. The van der Waals surface area contributed by atoms with Crippen molar-refractivity contribution in [2.24, 2.45) is 0 Å². The lowest BCUT2D eigenvalue weighted by Crippen LogP contribution is -2.40. The highest BCUT2D eigenvalue weighted by Gasteiger charge is 2.35. The zero-order chi connectivity index (χ0) is 17.5. The summed E-state index contributed by atoms with van der Waals surface area (Å²) < 4.78 is 0. The molecule has 0 saturated carbocycles. The number of fused-ring (bicyclic) bond motifs is 3. The van der Waals surface area contributed by atoms with Gasteiger partial charge in [-0.05, 0) is 41.1 Å². The summed E-state index contributed by atoms with van der Waals surface area (Å²) in [5.41, 5.74) is 4.57. The lowest BCUT2D eigenvalue weighted by atomic mass is 9.93.